The molecule has 1 fully saturated rings. The summed E-state index contributed by atoms with van der Waals surface area (Å²) in [5.41, 5.74) is 0.000657. The van der Waals surface area contributed by atoms with Crippen molar-refractivity contribution in [2.75, 3.05) is 0 Å². The second-order valence-corrected chi connectivity index (χ2v) is 7.79. The molecular weight excluding hydrogens is 336 g/mol. The maximum Gasteiger partial charge on any atom is 0.208 e. The molecule has 3 aromatic rings. The van der Waals surface area contributed by atoms with E-state index < -0.39 is 21.4 Å². The van der Waals surface area contributed by atoms with Crippen molar-refractivity contribution in [3.05, 3.63) is 90.5 Å². The molecule has 1 saturated heterocycles. The summed E-state index contributed by atoms with van der Waals surface area (Å²) in [5, 5.41) is 0. The van der Waals surface area contributed by atoms with Gasteiger partial charge in [-0.05, 0) is 42.0 Å². The van der Waals surface area contributed by atoms with Gasteiger partial charge in [-0.15, -0.1) is 0 Å². The molecule has 1 heterocycles. The normalized spacial score (nSPS) is 19.4. The smallest absolute Gasteiger partial charge is 0.208 e. The van der Waals surface area contributed by atoms with E-state index in [4.69, 9.17) is 9.47 Å². The molecule has 3 aromatic carbocycles. The van der Waals surface area contributed by atoms with E-state index in [1.807, 2.05) is 54.6 Å². The molecule has 0 radical (unpaired) electrons. The summed E-state index contributed by atoms with van der Waals surface area (Å²) in [6.45, 7) is 0. The highest BCUT2D eigenvalue weighted by Gasteiger charge is 2.50. The Balaban J connectivity index is 1.47. The standard InChI is InChI=1S/C20H16O4S/c21-25(22,18-9-5-2-6-10-18)20-19(24-20)15-11-13-17(14-12-15)23-16-7-3-1-4-8-16/h1-14,19-20H/t19-,20-/m0/s1. The van der Waals surface area contributed by atoms with Gasteiger partial charge in [0.25, 0.3) is 0 Å². The molecule has 1 aliphatic heterocycles. The molecule has 126 valence electrons. The fourth-order valence-corrected chi connectivity index (χ4v) is 4.22. The number of hydrogen-bond donors (Lipinski definition) is 0. The van der Waals surface area contributed by atoms with E-state index in [0.717, 1.165) is 11.3 Å². The quantitative estimate of drug-likeness (QED) is 0.641. The van der Waals surface area contributed by atoms with E-state index in [1.165, 1.54) is 0 Å². The van der Waals surface area contributed by atoms with Gasteiger partial charge in [0.05, 0.1) is 4.90 Å². The SMILES string of the molecule is O=S(=O)(c1ccccc1)[C@@H]1O[C@H]1c1ccc(Oc2ccccc2)cc1. The van der Waals surface area contributed by atoms with Crippen LogP contribution in [-0.4, -0.2) is 13.9 Å². The average Bonchev–Trinajstić information content (AvgIpc) is 3.46. The molecule has 0 bridgehead atoms. The molecule has 1 aliphatic rings. The molecule has 0 N–H and O–H groups in total. The van der Waals surface area contributed by atoms with Crippen molar-refractivity contribution in [3.63, 3.8) is 0 Å². The fourth-order valence-electron chi connectivity index (χ4n) is 2.67. The molecule has 0 spiro atoms. The number of epoxide rings is 1. The number of para-hydroxylation sites is 1. The van der Waals surface area contributed by atoms with E-state index in [0.29, 0.717) is 5.75 Å². The average molecular weight is 352 g/mol. The van der Waals surface area contributed by atoms with Crippen molar-refractivity contribution in [1.29, 1.82) is 0 Å². The van der Waals surface area contributed by atoms with Crippen LogP contribution in [-0.2, 0) is 14.6 Å². The van der Waals surface area contributed by atoms with Gasteiger partial charge >= 0.3 is 0 Å². The monoisotopic (exact) mass is 352 g/mol. The van der Waals surface area contributed by atoms with Crippen LogP contribution in [0.3, 0.4) is 0 Å². The lowest BCUT2D eigenvalue weighted by Gasteiger charge is -2.06. The minimum atomic E-state index is -3.48. The number of sulfone groups is 1. The number of rotatable bonds is 5. The summed E-state index contributed by atoms with van der Waals surface area (Å²) < 4.78 is 36.3. The summed E-state index contributed by atoms with van der Waals surface area (Å²) in [4.78, 5) is 0.284. The largest absolute Gasteiger partial charge is 0.457 e. The van der Waals surface area contributed by atoms with Gasteiger partial charge in [0.15, 0.2) is 5.44 Å². The molecule has 25 heavy (non-hydrogen) atoms. The second-order valence-electron chi connectivity index (χ2n) is 5.77. The van der Waals surface area contributed by atoms with Crippen LogP contribution in [0.25, 0.3) is 0 Å². The number of benzene rings is 3. The van der Waals surface area contributed by atoms with Gasteiger partial charge in [-0.3, -0.25) is 0 Å². The molecule has 0 aromatic heterocycles. The Labute approximate surface area is 146 Å². The Kier molecular flexibility index (Phi) is 4.03. The highest BCUT2D eigenvalue weighted by Crippen LogP contribution is 2.44. The van der Waals surface area contributed by atoms with Crippen LogP contribution < -0.4 is 4.74 Å². The molecule has 0 amide bonds. The van der Waals surface area contributed by atoms with E-state index in [-0.39, 0.29) is 4.90 Å². The molecule has 5 heteroatoms. The topological polar surface area (TPSA) is 55.9 Å². The zero-order chi connectivity index (χ0) is 17.3. The van der Waals surface area contributed by atoms with Crippen LogP contribution >= 0.6 is 0 Å². The van der Waals surface area contributed by atoms with Gasteiger partial charge in [-0.2, -0.15) is 0 Å². The van der Waals surface area contributed by atoms with Crippen LogP contribution in [0.1, 0.15) is 11.7 Å². The third-order valence-electron chi connectivity index (χ3n) is 4.02. The molecule has 0 aliphatic carbocycles. The van der Waals surface area contributed by atoms with E-state index in [9.17, 15) is 8.42 Å². The minimum Gasteiger partial charge on any atom is -0.457 e. The zero-order valence-electron chi connectivity index (χ0n) is 13.3. The summed E-state index contributed by atoms with van der Waals surface area (Å²) in [7, 11) is -3.48. The van der Waals surface area contributed by atoms with Crippen molar-refractivity contribution in [1.82, 2.24) is 0 Å². The van der Waals surface area contributed by atoms with Crippen molar-refractivity contribution in [3.8, 4) is 11.5 Å². The lowest BCUT2D eigenvalue weighted by Crippen LogP contribution is -2.09. The van der Waals surface area contributed by atoms with Crippen molar-refractivity contribution in [2.24, 2.45) is 0 Å². The van der Waals surface area contributed by atoms with E-state index in [1.54, 1.807) is 30.3 Å². The molecule has 4 rings (SSSR count). The first-order valence-electron chi connectivity index (χ1n) is 7.92. The third-order valence-corrected chi connectivity index (χ3v) is 5.92. The lowest BCUT2D eigenvalue weighted by molar-refractivity contribution is 0.399. The first-order chi connectivity index (χ1) is 12.1. The van der Waals surface area contributed by atoms with Crippen LogP contribution in [0.2, 0.25) is 0 Å². The van der Waals surface area contributed by atoms with Gasteiger partial charge in [0.2, 0.25) is 9.84 Å². The Morgan fingerprint density at radius 1 is 0.720 bits per heavy atom. The van der Waals surface area contributed by atoms with Gasteiger partial charge in [0.1, 0.15) is 17.6 Å². The van der Waals surface area contributed by atoms with Crippen LogP contribution in [0.15, 0.2) is 89.8 Å². The molecule has 0 saturated carbocycles. The van der Waals surface area contributed by atoms with Gasteiger partial charge in [-0.25, -0.2) is 8.42 Å². The summed E-state index contributed by atoms with van der Waals surface area (Å²) >= 11 is 0. The Morgan fingerprint density at radius 3 is 1.92 bits per heavy atom. The van der Waals surface area contributed by atoms with Gasteiger partial charge in [-0.1, -0.05) is 48.5 Å². The lowest BCUT2D eigenvalue weighted by atomic mass is 10.1. The highest BCUT2D eigenvalue weighted by molar-refractivity contribution is 7.92. The van der Waals surface area contributed by atoms with Crippen LogP contribution in [0.5, 0.6) is 11.5 Å². The van der Waals surface area contributed by atoms with Crippen molar-refractivity contribution < 1.29 is 17.9 Å². The summed E-state index contributed by atoms with van der Waals surface area (Å²) in [6.07, 6.45) is -0.434. The Morgan fingerprint density at radius 2 is 1.28 bits per heavy atom. The Bertz CT molecular complexity index is 952. The fraction of sp³-hybridized carbons (Fsp3) is 0.100. The first-order valence-corrected chi connectivity index (χ1v) is 9.46. The summed E-state index contributed by atoms with van der Waals surface area (Å²) in [5.74, 6) is 1.44. The third kappa shape index (κ3) is 3.29. The zero-order valence-corrected chi connectivity index (χ0v) is 14.1. The van der Waals surface area contributed by atoms with Crippen molar-refractivity contribution >= 4 is 9.84 Å². The second kappa shape index (κ2) is 6.35. The number of ether oxygens (including phenoxy) is 2. The van der Waals surface area contributed by atoms with Gasteiger partial charge in [0, 0.05) is 0 Å². The maximum absolute atomic E-state index is 12.5. The minimum absolute atomic E-state index is 0.284. The van der Waals surface area contributed by atoms with Crippen LogP contribution in [0, 0.1) is 0 Å². The maximum atomic E-state index is 12.5. The van der Waals surface area contributed by atoms with E-state index in [2.05, 4.69) is 0 Å². The summed E-state index contributed by atoms with van der Waals surface area (Å²) in [6, 6.07) is 25.2. The molecule has 2 atom stereocenters. The highest BCUT2D eigenvalue weighted by atomic mass is 32.2. The van der Waals surface area contributed by atoms with E-state index >= 15 is 0 Å². The molecular formula is C20H16O4S. The molecule has 0 unspecified atom stereocenters. The predicted molar refractivity (Wildman–Crippen MR) is 94.2 cm³/mol. The Hall–Kier alpha value is -2.63. The molecule has 4 nitrogen and oxygen atoms in total. The first kappa shape index (κ1) is 15.9. The van der Waals surface area contributed by atoms with Gasteiger partial charge < -0.3 is 9.47 Å². The van der Waals surface area contributed by atoms with Crippen LogP contribution in [0.4, 0.5) is 0 Å². The predicted octanol–water partition coefficient (Wildman–Crippen LogP) is 4.35. The number of hydrogen-bond acceptors (Lipinski definition) is 4. The van der Waals surface area contributed by atoms with Crippen molar-refractivity contribution in [2.45, 2.75) is 16.4 Å².